The van der Waals surface area contributed by atoms with Gasteiger partial charge < -0.3 is 14.4 Å². The van der Waals surface area contributed by atoms with Crippen molar-refractivity contribution in [2.24, 2.45) is 0 Å². The van der Waals surface area contributed by atoms with Gasteiger partial charge in [-0.3, -0.25) is 4.79 Å². The zero-order chi connectivity index (χ0) is 10.7. The number of carbonyl (C=O) groups excluding carboxylic acids is 1. The van der Waals surface area contributed by atoms with Crippen molar-refractivity contribution < 1.29 is 14.3 Å². The normalized spacial score (nSPS) is 16.7. The summed E-state index contributed by atoms with van der Waals surface area (Å²) in [7, 11) is 0. The summed E-state index contributed by atoms with van der Waals surface area (Å²) in [6.07, 6.45) is 3.65. The molecular formula is C11H15NO3. The van der Waals surface area contributed by atoms with Crippen LogP contribution < -0.4 is 0 Å². The first kappa shape index (κ1) is 10.1. The fourth-order valence-electron chi connectivity index (χ4n) is 1.87. The Bertz CT molecular complexity index is 339. The van der Waals surface area contributed by atoms with Crippen LogP contribution in [0.4, 0.5) is 0 Å². The fourth-order valence-corrected chi connectivity index (χ4v) is 1.87. The van der Waals surface area contributed by atoms with E-state index in [1.165, 1.54) is 12.5 Å². The first-order valence-corrected chi connectivity index (χ1v) is 5.31. The maximum Gasteiger partial charge on any atom is 0.281 e. The maximum atomic E-state index is 11.8. The molecule has 2 heterocycles. The highest BCUT2D eigenvalue weighted by Gasteiger charge is 2.17. The third-order valence-electron chi connectivity index (χ3n) is 2.68. The molecule has 0 unspecified atom stereocenters. The molecule has 1 aliphatic heterocycles. The summed E-state index contributed by atoms with van der Waals surface area (Å²) in [5, 5.41) is 8.98. The Morgan fingerprint density at radius 3 is 2.67 bits per heavy atom. The van der Waals surface area contributed by atoms with Crippen LogP contribution in [0.15, 0.2) is 16.5 Å². The summed E-state index contributed by atoms with van der Waals surface area (Å²) in [6.45, 7) is 1.71. The molecule has 4 heteroatoms. The van der Waals surface area contributed by atoms with Gasteiger partial charge in [-0.05, 0) is 25.3 Å². The Kier molecular flexibility index (Phi) is 2.94. The molecule has 1 fully saturated rings. The van der Waals surface area contributed by atoms with E-state index in [1.54, 1.807) is 6.07 Å². The molecule has 0 radical (unpaired) electrons. The molecule has 1 N–H and O–H groups in total. The van der Waals surface area contributed by atoms with E-state index in [2.05, 4.69) is 0 Å². The van der Waals surface area contributed by atoms with E-state index in [-0.39, 0.29) is 18.3 Å². The molecule has 15 heavy (non-hydrogen) atoms. The molecule has 0 aromatic carbocycles. The van der Waals surface area contributed by atoms with Crippen LogP contribution >= 0.6 is 0 Å². The number of piperidine rings is 1. The molecule has 4 nitrogen and oxygen atoms in total. The molecule has 0 atom stereocenters. The average molecular weight is 209 g/mol. The van der Waals surface area contributed by atoms with E-state index < -0.39 is 0 Å². The summed E-state index contributed by atoms with van der Waals surface area (Å²) in [6, 6.07) is 3.09. The molecule has 1 saturated heterocycles. The molecule has 0 aliphatic carbocycles. The molecule has 2 rings (SSSR count). The second-order valence-corrected chi connectivity index (χ2v) is 3.86. The van der Waals surface area contributed by atoms with Crippen LogP contribution in [-0.4, -0.2) is 29.0 Å². The summed E-state index contributed by atoms with van der Waals surface area (Å²) in [4.78, 5) is 13.6. The number of hydrogen-bond donors (Lipinski definition) is 1. The number of amides is 1. The third kappa shape index (κ3) is 2.52. The summed E-state index contributed by atoms with van der Waals surface area (Å²) in [5.74, 6) is 0.489. The second-order valence-electron chi connectivity index (χ2n) is 3.86. The molecule has 1 amide bonds. The number of likely N-dealkylation sites (tertiary alicyclic amines) is 1. The lowest BCUT2D eigenvalue weighted by Gasteiger charge is -2.26. The molecule has 82 valence electrons. The van der Waals surface area contributed by atoms with E-state index in [4.69, 9.17) is 9.52 Å². The van der Waals surface area contributed by atoms with E-state index in [0.717, 1.165) is 25.9 Å². The SMILES string of the molecule is O=C(Cc1ccc(O)o1)N1CCCCC1. The number of nitrogens with zero attached hydrogens (tertiary/aromatic N) is 1. The molecule has 0 saturated carbocycles. The molecule has 1 aromatic heterocycles. The summed E-state index contributed by atoms with van der Waals surface area (Å²) in [5.41, 5.74) is 0. The molecule has 1 aliphatic rings. The van der Waals surface area contributed by atoms with Crippen LogP contribution in [0.2, 0.25) is 0 Å². The van der Waals surface area contributed by atoms with Crippen LogP contribution in [0.3, 0.4) is 0 Å². The monoisotopic (exact) mass is 209 g/mol. The molecular weight excluding hydrogens is 194 g/mol. The van der Waals surface area contributed by atoms with Gasteiger partial charge in [-0.25, -0.2) is 0 Å². The fraction of sp³-hybridized carbons (Fsp3) is 0.545. The highest BCUT2D eigenvalue weighted by molar-refractivity contribution is 5.78. The number of furan rings is 1. The standard InChI is InChI=1S/C11H15NO3/c13-10(12-6-2-1-3-7-12)8-9-4-5-11(14)15-9/h4-5,14H,1-3,6-8H2. The lowest BCUT2D eigenvalue weighted by Crippen LogP contribution is -2.36. The van der Waals surface area contributed by atoms with Gasteiger partial charge in [0.2, 0.25) is 5.91 Å². The van der Waals surface area contributed by atoms with Gasteiger partial charge in [0.25, 0.3) is 5.95 Å². The minimum absolute atomic E-state index is 0.0871. The van der Waals surface area contributed by atoms with Crippen molar-refractivity contribution in [1.29, 1.82) is 0 Å². The van der Waals surface area contributed by atoms with E-state index >= 15 is 0 Å². The van der Waals surface area contributed by atoms with Gasteiger partial charge in [0, 0.05) is 19.2 Å². The number of aromatic hydroxyl groups is 1. The summed E-state index contributed by atoms with van der Waals surface area (Å²) < 4.78 is 4.95. The smallest absolute Gasteiger partial charge is 0.281 e. The van der Waals surface area contributed by atoms with Crippen molar-refractivity contribution >= 4 is 5.91 Å². The number of rotatable bonds is 2. The van der Waals surface area contributed by atoms with Crippen molar-refractivity contribution in [2.45, 2.75) is 25.7 Å². The zero-order valence-corrected chi connectivity index (χ0v) is 8.61. The first-order chi connectivity index (χ1) is 7.25. The predicted molar refractivity (Wildman–Crippen MR) is 54.5 cm³/mol. The number of hydrogen-bond acceptors (Lipinski definition) is 3. The lowest BCUT2D eigenvalue weighted by molar-refractivity contribution is -0.131. The van der Waals surface area contributed by atoms with E-state index in [9.17, 15) is 4.79 Å². The minimum atomic E-state index is -0.128. The first-order valence-electron chi connectivity index (χ1n) is 5.31. The molecule has 1 aromatic rings. The predicted octanol–water partition coefficient (Wildman–Crippen LogP) is 1.54. The van der Waals surface area contributed by atoms with E-state index in [1.807, 2.05) is 4.90 Å². The van der Waals surface area contributed by atoms with Gasteiger partial charge in [-0.15, -0.1) is 0 Å². The second kappa shape index (κ2) is 4.38. The largest absolute Gasteiger partial charge is 0.481 e. The van der Waals surface area contributed by atoms with Crippen LogP contribution in [0.5, 0.6) is 5.95 Å². The Labute approximate surface area is 88.5 Å². The summed E-state index contributed by atoms with van der Waals surface area (Å²) >= 11 is 0. The van der Waals surface area contributed by atoms with Crippen LogP contribution in [0.25, 0.3) is 0 Å². The van der Waals surface area contributed by atoms with Crippen LogP contribution in [-0.2, 0) is 11.2 Å². The van der Waals surface area contributed by atoms with Crippen LogP contribution in [0, 0.1) is 0 Å². The minimum Gasteiger partial charge on any atom is -0.481 e. The van der Waals surface area contributed by atoms with Crippen molar-refractivity contribution in [3.05, 3.63) is 17.9 Å². The van der Waals surface area contributed by atoms with Gasteiger partial charge in [-0.1, -0.05) is 0 Å². The van der Waals surface area contributed by atoms with Crippen molar-refractivity contribution in [2.75, 3.05) is 13.1 Å². The lowest BCUT2D eigenvalue weighted by atomic mass is 10.1. The Morgan fingerprint density at radius 1 is 1.33 bits per heavy atom. The zero-order valence-electron chi connectivity index (χ0n) is 8.61. The highest BCUT2D eigenvalue weighted by atomic mass is 16.5. The number of carbonyl (C=O) groups is 1. The van der Waals surface area contributed by atoms with E-state index in [0.29, 0.717) is 5.76 Å². The highest BCUT2D eigenvalue weighted by Crippen LogP contribution is 2.16. The Hall–Kier alpha value is -1.45. The maximum absolute atomic E-state index is 11.8. The van der Waals surface area contributed by atoms with Crippen molar-refractivity contribution in [3.8, 4) is 5.95 Å². The van der Waals surface area contributed by atoms with Crippen LogP contribution in [0.1, 0.15) is 25.0 Å². The van der Waals surface area contributed by atoms with Gasteiger partial charge in [0.05, 0.1) is 6.42 Å². The van der Waals surface area contributed by atoms with Gasteiger partial charge >= 0.3 is 0 Å². The Balaban J connectivity index is 1.91. The van der Waals surface area contributed by atoms with Gasteiger partial charge in [0.1, 0.15) is 5.76 Å². The third-order valence-corrected chi connectivity index (χ3v) is 2.68. The topological polar surface area (TPSA) is 53.7 Å². The molecule has 0 spiro atoms. The van der Waals surface area contributed by atoms with Crippen molar-refractivity contribution in [1.82, 2.24) is 4.90 Å². The Morgan fingerprint density at radius 2 is 2.07 bits per heavy atom. The van der Waals surface area contributed by atoms with Crippen molar-refractivity contribution in [3.63, 3.8) is 0 Å². The van der Waals surface area contributed by atoms with Gasteiger partial charge in [0.15, 0.2) is 0 Å². The molecule has 0 bridgehead atoms. The van der Waals surface area contributed by atoms with Gasteiger partial charge in [-0.2, -0.15) is 0 Å². The quantitative estimate of drug-likeness (QED) is 0.803. The average Bonchev–Trinajstić information content (AvgIpc) is 2.65.